The number of likely N-dealkylation sites (N-methyl/N-ethyl adjacent to an activating group) is 1. The Morgan fingerprint density at radius 2 is 1.84 bits per heavy atom. The van der Waals surface area contributed by atoms with Gasteiger partial charge < -0.3 is 15.0 Å². The molecule has 10 nitrogen and oxygen atoms in total. The lowest BCUT2D eigenvalue weighted by atomic mass is 10.1. The number of anilines is 2. The maximum absolute atomic E-state index is 13.0. The van der Waals surface area contributed by atoms with Crippen molar-refractivity contribution in [1.82, 2.24) is 9.97 Å². The van der Waals surface area contributed by atoms with Crippen LogP contribution in [-0.4, -0.2) is 40.4 Å². The largest absolute Gasteiger partial charge is 0.446 e. The second-order valence-electron chi connectivity index (χ2n) is 6.60. The second-order valence-corrected chi connectivity index (χ2v) is 7.00. The quantitative estimate of drug-likeness (QED) is 0.311. The van der Waals surface area contributed by atoms with Gasteiger partial charge in [-0.25, -0.2) is 9.97 Å². The third kappa shape index (κ3) is 5.76. The summed E-state index contributed by atoms with van der Waals surface area (Å²) in [6, 6.07) is 13.7. The summed E-state index contributed by atoms with van der Waals surface area (Å²) in [7, 11) is 1.62. The van der Waals surface area contributed by atoms with Crippen LogP contribution in [0.1, 0.15) is 11.7 Å². The fourth-order valence-electron chi connectivity index (χ4n) is 2.74. The van der Waals surface area contributed by atoms with Crippen molar-refractivity contribution in [3.63, 3.8) is 0 Å². The van der Waals surface area contributed by atoms with Gasteiger partial charge in [0.25, 0.3) is 11.6 Å². The summed E-state index contributed by atoms with van der Waals surface area (Å²) in [5.74, 6) is -1.03. The molecule has 0 saturated carbocycles. The van der Waals surface area contributed by atoms with Crippen LogP contribution in [0.25, 0.3) is 0 Å². The van der Waals surface area contributed by atoms with Gasteiger partial charge in [0.05, 0.1) is 15.6 Å². The van der Waals surface area contributed by atoms with E-state index >= 15 is 0 Å². The van der Waals surface area contributed by atoms with Gasteiger partial charge in [0.1, 0.15) is 6.54 Å². The first-order chi connectivity index (χ1) is 15.3. The van der Waals surface area contributed by atoms with Crippen molar-refractivity contribution in [2.75, 3.05) is 23.8 Å². The Kier molecular flexibility index (Phi) is 7.29. The van der Waals surface area contributed by atoms with Gasteiger partial charge in [-0.05, 0) is 12.1 Å². The van der Waals surface area contributed by atoms with Crippen LogP contribution in [0.4, 0.5) is 17.3 Å². The van der Waals surface area contributed by atoms with Crippen LogP contribution < -0.4 is 10.2 Å². The van der Waals surface area contributed by atoms with Crippen molar-refractivity contribution in [2.24, 2.45) is 0 Å². The highest BCUT2D eigenvalue weighted by atomic mass is 35.5. The number of nitro groups is 1. The molecule has 0 aliphatic rings. The highest BCUT2D eigenvalue weighted by Gasteiger charge is 2.26. The van der Waals surface area contributed by atoms with Gasteiger partial charge in [-0.15, -0.1) is 0 Å². The molecule has 2 aromatic carbocycles. The van der Waals surface area contributed by atoms with E-state index in [2.05, 4.69) is 15.3 Å². The summed E-state index contributed by atoms with van der Waals surface area (Å²) in [5, 5.41) is 13.4. The first-order valence-corrected chi connectivity index (χ1v) is 9.70. The summed E-state index contributed by atoms with van der Waals surface area (Å²) in [4.78, 5) is 45.4. The number of benzene rings is 2. The van der Waals surface area contributed by atoms with E-state index in [1.807, 2.05) is 0 Å². The summed E-state index contributed by atoms with van der Waals surface area (Å²) < 4.78 is 5.47. The second kappa shape index (κ2) is 10.3. The van der Waals surface area contributed by atoms with E-state index in [0.717, 1.165) is 6.07 Å². The minimum Gasteiger partial charge on any atom is -0.446 e. The molecule has 164 valence electrons. The molecule has 32 heavy (non-hydrogen) atoms. The number of nitrogens with zero attached hydrogens (tertiary/aromatic N) is 4. The van der Waals surface area contributed by atoms with Gasteiger partial charge in [-0.2, -0.15) is 0 Å². The zero-order chi connectivity index (χ0) is 23.1. The minimum atomic E-state index is -1.28. The van der Waals surface area contributed by atoms with E-state index < -0.39 is 22.9 Å². The summed E-state index contributed by atoms with van der Waals surface area (Å²) in [6.45, 7) is -0.196. The Morgan fingerprint density at radius 3 is 2.47 bits per heavy atom. The van der Waals surface area contributed by atoms with Crippen molar-refractivity contribution in [3.05, 3.63) is 87.7 Å². The lowest BCUT2D eigenvalue weighted by Gasteiger charge is -2.21. The van der Waals surface area contributed by atoms with Crippen molar-refractivity contribution in [1.29, 1.82) is 0 Å². The molecular weight excluding hydrogens is 438 g/mol. The molecule has 0 radical (unpaired) electrons. The third-order valence-corrected chi connectivity index (χ3v) is 4.58. The van der Waals surface area contributed by atoms with Crippen LogP contribution in [0, 0.1) is 10.1 Å². The van der Waals surface area contributed by atoms with Gasteiger partial charge in [0.15, 0.2) is 0 Å². The Labute approximate surface area is 188 Å². The van der Waals surface area contributed by atoms with E-state index in [1.165, 1.54) is 17.0 Å². The normalized spacial score (nSPS) is 11.3. The summed E-state index contributed by atoms with van der Waals surface area (Å²) >= 11 is 6.06. The Morgan fingerprint density at radius 1 is 1.16 bits per heavy atom. The molecule has 3 rings (SSSR count). The zero-order valence-electron chi connectivity index (χ0n) is 16.8. The smallest absolute Gasteiger partial charge is 0.326 e. The number of ether oxygens (including phenoxy) is 1. The van der Waals surface area contributed by atoms with Crippen LogP contribution in [0.3, 0.4) is 0 Å². The standard InChI is InChI=1S/C21H18ClN5O5/c1-26(21-23-10-5-11-24-21)13-18(28)32-19(14-6-3-2-4-7-14)20(29)25-17-9-8-15(27(30)31)12-16(17)22/h2-12,19H,13H2,1H3,(H,25,29). The molecule has 1 aromatic heterocycles. The van der Waals surface area contributed by atoms with E-state index in [-0.39, 0.29) is 22.9 Å². The van der Waals surface area contributed by atoms with Crippen LogP contribution in [0.5, 0.6) is 0 Å². The fraction of sp³-hybridized carbons (Fsp3) is 0.143. The van der Waals surface area contributed by atoms with E-state index in [4.69, 9.17) is 16.3 Å². The third-order valence-electron chi connectivity index (χ3n) is 4.27. The highest BCUT2D eigenvalue weighted by Crippen LogP contribution is 2.28. The minimum absolute atomic E-state index is 0.0216. The molecule has 0 aliphatic heterocycles. The summed E-state index contributed by atoms with van der Waals surface area (Å²) in [6.07, 6.45) is 1.80. The number of carbonyl (C=O) groups excluding carboxylic acids is 2. The molecule has 1 unspecified atom stereocenters. The fourth-order valence-corrected chi connectivity index (χ4v) is 2.96. The van der Waals surface area contributed by atoms with Crippen LogP contribution >= 0.6 is 11.6 Å². The maximum Gasteiger partial charge on any atom is 0.326 e. The van der Waals surface area contributed by atoms with Crippen molar-refractivity contribution >= 4 is 40.8 Å². The molecule has 11 heteroatoms. The van der Waals surface area contributed by atoms with Crippen molar-refractivity contribution < 1.29 is 19.2 Å². The molecule has 0 fully saturated rings. The number of rotatable bonds is 8. The van der Waals surface area contributed by atoms with Gasteiger partial charge in [0.2, 0.25) is 12.1 Å². The molecule has 1 atom stereocenters. The molecule has 3 aromatic rings. The van der Waals surface area contributed by atoms with Gasteiger partial charge in [-0.1, -0.05) is 41.9 Å². The summed E-state index contributed by atoms with van der Waals surface area (Å²) in [5.41, 5.74) is 0.370. The molecule has 1 amide bonds. The number of nitrogens with one attached hydrogen (secondary N) is 1. The maximum atomic E-state index is 13.0. The average Bonchev–Trinajstić information content (AvgIpc) is 2.79. The molecule has 1 heterocycles. The Hall–Kier alpha value is -4.05. The number of non-ortho nitro benzene ring substituents is 1. The monoisotopic (exact) mass is 455 g/mol. The lowest BCUT2D eigenvalue weighted by Crippen LogP contribution is -2.32. The van der Waals surface area contributed by atoms with Crippen LogP contribution in [-0.2, 0) is 14.3 Å². The Balaban J connectivity index is 1.76. The molecule has 0 aliphatic carbocycles. The lowest BCUT2D eigenvalue weighted by molar-refractivity contribution is -0.384. The van der Waals surface area contributed by atoms with E-state index in [9.17, 15) is 19.7 Å². The number of hydrogen-bond acceptors (Lipinski definition) is 8. The van der Waals surface area contributed by atoms with Gasteiger partial charge in [-0.3, -0.25) is 19.7 Å². The topological polar surface area (TPSA) is 128 Å². The van der Waals surface area contributed by atoms with Gasteiger partial charge in [0, 0.05) is 37.1 Å². The van der Waals surface area contributed by atoms with Crippen molar-refractivity contribution in [2.45, 2.75) is 6.10 Å². The predicted molar refractivity (Wildman–Crippen MR) is 117 cm³/mol. The molecule has 0 saturated heterocycles. The predicted octanol–water partition coefficient (Wildman–Crippen LogP) is 3.40. The van der Waals surface area contributed by atoms with E-state index in [1.54, 1.807) is 55.8 Å². The number of aromatic nitrogens is 2. The first-order valence-electron chi connectivity index (χ1n) is 9.32. The number of halogens is 1. The van der Waals surface area contributed by atoms with Crippen LogP contribution in [0.2, 0.25) is 5.02 Å². The molecule has 0 spiro atoms. The number of amides is 1. The number of esters is 1. The van der Waals surface area contributed by atoms with Gasteiger partial charge >= 0.3 is 5.97 Å². The molecular formula is C21H18ClN5O5. The van der Waals surface area contributed by atoms with E-state index in [0.29, 0.717) is 11.5 Å². The highest BCUT2D eigenvalue weighted by molar-refractivity contribution is 6.34. The zero-order valence-corrected chi connectivity index (χ0v) is 17.6. The first kappa shape index (κ1) is 22.6. The molecule has 0 bridgehead atoms. The average molecular weight is 456 g/mol. The number of carbonyl (C=O) groups is 2. The Bertz CT molecular complexity index is 1110. The van der Waals surface area contributed by atoms with Crippen LogP contribution in [0.15, 0.2) is 67.0 Å². The molecule has 1 N–H and O–H groups in total. The number of nitro benzene ring substituents is 1. The number of hydrogen-bond donors (Lipinski definition) is 1. The SMILES string of the molecule is CN(CC(=O)OC(C(=O)Nc1ccc([N+](=O)[O-])cc1Cl)c1ccccc1)c1ncccn1. The van der Waals surface area contributed by atoms with Crippen molar-refractivity contribution in [3.8, 4) is 0 Å².